The summed E-state index contributed by atoms with van der Waals surface area (Å²) < 4.78 is 1.77. The van der Waals surface area contributed by atoms with Crippen molar-refractivity contribution in [1.29, 1.82) is 0 Å². The Balaban J connectivity index is 1.86. The van der Waals surface area contributed by atoms with Crippen LogP contribution in [0.3, 0.4) is 0 Å². The molecule has 126 valence electrons. The monoisotopic (exact) mass is 334 g/mol. The molecule has 1 aliphatic rings. The van der Waals surface area contributed by atoms with Gasteiger partial charge in [-0.05, 0) is 17.7 Å². The minimum absolute atomic E-state index is 0.0293. The number of nitrogens with zero attached hydrogens (tertiary/aromatic N) is 4. The molecule has 0 fully saturated rings. The second-order valence-corrected chi connectivity index (χ2v) is 6.05. The lowest BCUT2D eigenvalue weighted by molar-refractivity contribution is 0.269. The molecule has 0 bridgehead atoms. The van der Waals surface area contributed by atoms with Gasteiger partial charge in [0.2, 0.25) is 0 Å². The van der Waals surface area contributed by atoms with Crippen molar-refractivity contribution < 1.29 is 10.3 Å². The molecule has 2 heterocycles. The normalized spacial score (nSPS) is 17.8. The summed E-state index contributed by atoms with van der Waals surface area (Å²) in [7, 11) is 0. The van der Waals surface area contributed by atoms with E-state index in [0.29, 0.717) is 18.7 Å². The van der Waals surface area contributed by atoms with Gasteiger partial charge in [-0.15, -0.1) is 0 Å². The van der Waals surface area contributed by atoms with Crippen molar-refractivity contribution in [2.75, 3.05) is 6.61 Å². The lowest BCUT2D eigenvalue weighted by Crippen LogP contribution is -2.02. The number of hydrogen-bond donors (Lipinski definition) is 2. The highest BCUT2D eigenvalue weighted by atomic mass is 16.4. The molecule has 25 heavy (non-hydrogen) atoms. The molecule has 6 nitrogen and oxygen atoms in total. The third-order valence-electron chi connectivity index (χ3n) is 4.61. The van der Waals surface area contributed by atoms with E-state index in [1.165, 1.54) is 0 Å². The van der Waals surface area contributed by atoms with Crippen molar-refractivity contribution >= 4 is 5.71 Å². The topological polar surface area (TPSA) is 83.5 Å². The van der Waals surface area contributed by atoms with E-state index in [2.05, 4.69) is 21.3 Å². The predicted octanol–water partition coefficient (Wildman–Crippen LogP) is 2.65. The number of rotatable bonds is 4. The molecule has 2 N–H and O–H groups in total. The Kier molecular flexibility index (Phi) is 4.03. The van der Waals surface area contributed by atoms with E-state index in [9.17, 15) is 10.3 Å². The minimum Gasteiger partial charge on any atom is -0.411 e. The molecule has 0 spiro atoms. The summed E-state index contributed by atoms with van der Waals surface area (Å²) in [4.78, 5) is 4.08. The molecule has 0 amide bonds. The molecular weight excluding hydrogens is 316 g/mol. The Hall–Kier alpha value is -2.99. The van der Waals surface area contributed by atoms with Crippen LogP contribution in [-0.4, -0.2) is 37.4 Å². The highest BCUT2D eigenvalue weighted by Crippen LogP contribution is 2.41. The third-order valence-corrected chi connectivity index (χ3v) is 4.61. The first kappa shape index (κ1) is 15.5. The molecule has 0 saturated heterocycles. The summed E-state index contributed by atoms with van der Waals surface area (Å²) in [5, 5.41) is 26.8. The van der Waals surface area contributed by atoms with Gasteiger partial charge in [-0.2, -0.15) is 5.10 Å². The summed E-state index contributed by atoms with van der Waals surface area (Å²) in [6, 6.07) is 11.8. The molecule has 4 rings (SSSR count). The average Bonchev–Trinajstić information content (AvgIpc) is 3.24. The van der Waals surface area contributed by atoms with Crippen LogP contribution < -0.4 is 0 Å². The van der Waals surface area contributed by atoms with Crippen molar-refractivity contribution in [2.24, 2.45) is 5.16 Å². The van der Waals surface area contributed by atoms with Gasteiger partial charge in [0.25, 0.3) is 0 Å². The van der Waals surface area contributed by atoms with Crippen molar-refractivity contribution in [3.05, 3.63) is 71.7 Å². The minimum atomic E-state index is 0.0293. The molecule has 1 aliphatic carbocycles. The smallest absolute Gasteiger partial charge is 0.0962 e. The Morgan fingerprint density at radius 3 is 2.68 bits per heavy atom. The summed E-state index contributed by atoms with van der Waals surface area (Å²) >= 11 is 0. The number of hydrogen-bond acceptors (Lipinski definition) is 5. The molecule has 6 heteroatoms. The molecule has 1 aromatic carbocycles. The molecule has 0 radical (unpaired) electrons. The molecule has 1 atom stereocenters. The number of fused-ring (bicyclic) bond motifs is 1. The number of pyridine rings is 1. The lowest BCUT2D eigenvalue weighted by Gasteiger charge is -2.11. The van der Waals surface area contributed by atoms with Gasteiger partial charge in [0, 0.05) is 47.6 Å². The first-order valence-corrected chi connectivity index (χ1v) is 8.20. The van der Waals surface area contributed by atoms with Crippen molar-refractivity contribution in [1.82, 2.24) is 14.8 Å². The first-order valence-electron chi connectivity index (χ1n) is 8.20. The van der Waals surface area contributed by atoms with Gasteiger partial charge < -0.3 is 10.3 Å². The fourth-order valence-corrected chi connectivity index (χ4v) is 3.49. The number of benzene rings is 1. The lowest BCUT2D eigenvalue weighted by atomic mass is 9.91. The van der Waals surface area contributed by atoms with Crippen LogP contribution in [0.5, 0.6) is 0 Å². The summed E-state index contributed by atoms with van der Waals surface area (Å²) in [6.07, 6.45) is 6.09. The van der Waals surface area contributed by atoms with E-state index in [1.807, 2.05) is 36.5 Å². The van der Waals surface area contributed by atoms with Crippen LogP contribution in [0.2, 0.25) is 0 Å². The maximum Gasteiger partial charge on any atom is 0.0962 e. The fraction of sp³-hybridized carbons (Fsp3) is 0.211. The maximum absolute atomic E-state index is 9.38. The maximum atomic E-state index is 9.38. The Morgan fingerprint density at radius 2 is 1.92 bits per heavy atom. The van der Waals surface area contributed by atoms with Crippen LogP contribution >= 0.6 is 0 Å². The summed E-state index contributed by atoms with van der Waals surface area (Å²) in [6.45, 7) is 0.467. The standard InChI is InChI=1S/C19H18N4O2/c24-10-9-23-12-17(19(21-23)13-5-7-20-8-6-13)16-11-18(22-25)15-4-2-1-3-14(15)16/h1-8,12,16,24-25H,9-11H2/b22-18+. The van der Waals surface area contributed by atoms with Crippen molar-refractivity contribution in [3.8, 4) is 11.3 Å². The van der Waals surface area contributed by atoms with Crippen LogP contribution in [0.15, 0.2) is 60.1 Å². The zero-order valence-corrected chi connectivity index (χ0v) is 13.6. The van der Waals surface area contributed by atoms with Gasteiger partial charge in [-0.3, -0.25) is 9.67 Å². The van der Waals surface area contributed by atoms with E-state index < -0.39 is 0 Å². The molecule has 1 unspecified atom stereocenters. The molecule has 0 aliphatic heterocycles. The SMILES string of the molecule is OCCn1cc(C2C/C(=N\O)c3ccccc32)c(-c2ccncc2)n1. The first-order chi connectivity index (χ1) is 12.3. The second-order valence-electron chi connectivity index (χ2n) is 6.05. The predicted molar refractivity (Wildman–Crippen MR) is 93.8 cm³/mol. The largest absolute Gasteiger partial charge is 0.411 e. The molecular formula is C19H18N4O2. The quantitative estimate of drug-likeness (QED) is 0.567. The van der Waals surface area contributed by atoms with Gasteiger partial charge >= 0.3 is 0 Å². The zero-order chi connectivity index (χ0) is 17.2. The number of aromatic nitrogens is 3. The average molecular weight is 334 g/mol. The highest BCUT2D eigenvalue weighted by Gasteiger charge is 2.32. The van der Waals surface area contributed by atoms with Crippen LogP contribution in [0, 0.1) is 0 Å². The van der Waals surface area contributed by atoms with Crippen LogP contribution in [-0.2, 0) is 6.54 Å². The Morgan fingerprint density at radius 1 is 1.12 bits per heavy atom. The summed E-state index contributed by atoms with van der Waals surface area (Å²) in [5.74, 6) is 0.0673. The van der Waals surface area contributed by atoms with Crippen LogP contribution in [0.1, 0.15) is 29.0 Å². The van der Waals surface area contributed by atoms with Gasteiger partial charge in [0.05, 0.1) is 24.6 Å². The van der Waals surface area contributed by atoms with Gasteiger partial charge in [0.15, 0.2) is 0 Å². The van der Waals surface area contributed by atoms with Crippen LogP contribution in [0.4, 0.5) is 0 Å². The van der Waals surface area contributed by atoms with E-state index in [-0.39, 0.29) is 12.5 Å². The van der Waals surface area contributed by atoms with E-state index in [4.69, 9.17) is 0 Å². The van der Waals surface area contributed by atoms with Gasteiger partial charge in [-0.25, -0.2) is 0 Å². The van der Waals surface area contributed by atoms with E-state index in [1.54, 1.807) is 17.1 Å². The summed E-state index contributed by atoms with van der Waals surface area (Å²) in [5.41, 5.74) is 5.71. The van der Waals surface area contributed by atoms with Gasteiger partial charge in [0.1, 0.15) is 0 Å². The Labute approximate surface area is 145 Å². The van der Waals surface area contributed by atoms with E-state index >= 15 is 0 Å². The highest BCUT2D eigenvalue weighted by molar-refractivity contribution is 6.05. The van der Waals surface area contributed by atoms with Gasteiger partial charge in [-0.1, -0.05) is 29.4 Å². The Bertz CT molecular complexity index is 918. The molecule has 0 saturated carbocycles. The number of aliphatic hydroxyl groups is 1. The second kappa shape index (κ2) is 6.49. The van der Waals surface area contributed by atoms with Crippen LogP contribution in [0.25, 0.3) is 11.3 Å². The molecule has 2 aromatic heterocycles. The zero-order valence-electron chi connectivity index (χ0n) is 13.6. The number of oxime groups is 1. The fourth-order valence-electron chi connectivity index (χ4n) is 3.49. The van der Waals surface area contributed by atoms with Crippen molar-refractivity contribution in [3.63, 3.8) is 0 Å². The van der Waals surface area contributed by atoms with E-state index in [0.717, 1.165) is 27.9 Å². The number of aliphatic hydroxyl groups excluding tert-OH is 1. The molecule has 3 aromatic rings. The van der Waals surface area contributed by atoms with Crippen molar-refractivity contribution in [2.45, 2.75) is 18.9 Å². The third kappa shape index (κ3) is 2.70.